The number of methoxy groups -OCH3 is 2. The van der Waals surface area contributed by atoms with Gasteiger partial charge in [-0.05, 0) is 19.1 Å². The Labute approximate surface area is 113 Å². The van der Waals surface area contributed by atoms with Crippen molar-refractivity contribution in [1.82, 2.24) is 0 Å². The van der Waals surface area contributed by atoms with Gasteiger partial charge in [-0.1, -0.05) is 6.92 Å². The summed E-state index contributed by atoms with van der Waals surface area (Å²) in [5, 5.41) is 3.17. The molecular formula is C14H21NO4. The molecule has 0 aromatic heterocycles. The van der Waals surface area contributed by atoms with Crippen molar-refractivity contribution in [2.75, 3.05) is 32.7 Å². The molecule has 0 amide bonds. The first-order valence-electron chi connectivity index (χ1n) is 6.24. The van der Waals surface area contributed by atoms with Gasteiger partial charge in [0, 0.05) is 18.3 Å². The number of benzene rings is 1. The van der Waals surface area contributed by atoms with Crippen molar-refractivity contribution in [1.29, 1.82) is 0 Å². The molecule has 1 aromatic rings. The Morgan fingerprint density at radius 3 is 2.53 bits per heavy atom. The van der Waals surface area contributed by atoms with E-state index < -0.39 is 0 Å². The summed E-state index contributed by atoms with van der Waals surface area (Å²) in [6.45, 7) is 4.53. The minimum Gasteiger partial charge on any atom is -0.493 e. The SMILES string of the molecule is CCOC(=O)C(C)CNc1ccc(OC)c(OC)c1. The Morgan fingerprint density at radius 1 is 1.26 bits per heavy atom. The molecule has 0 spiro atoms. The van der Waals surface area contributed by atoms with Crippen LogP contribution in [0.4, 0.5) is 5.69 Å². The van der Waals surface area contributed by atoms with Gasteiger partial charge >= 0.3 is 5.97 Å². The van der Waals surface area contributed by atoms with Gasteiger partial charge in [-0.25, -0.2) is 0 Å². The third-order valence-corrected chi connectivity index (χ3v) is 2.68. The Morgan fingerprint density at radius 2 is 1.95 bits per heavy atom. The Balaban J connectivity index is 2.60. The first-order valence-corrected chi connectivity index (χ1v) is 6.24. The lowest BCUT2D eigenvalue weighted by Crippen LogP contribution is -2.22. The maximum atomic E-state index is 11.5. The molecule has 0 aliphatic heterocycles. The van der Waals surface area contributed by atoms with Crippen LogP contribution in [0.2, 0.25) is 0 Å². The number of hydrogen-bond acceptors (Lipinski definition) is 5. The van der Waals surface area contributed by atoms with E-state index in [1.165, 1.54) is 0 Å². The van der Waals surface area contributed by atoms with Gasteiger partial charge in [0.05, 0.1) is 26.7 Å². The van der Waals surface area contributed by atoms with Gasteiger partial charge in [0.2, 0.25) is 0 Å². The first kappa shape index (κ1) is 15.1. The standard InChI is InChI=1S/C14H21NO4/c1-5-19-14(16)10(2)9-15-11-6-7-12(17-3)13(8-11)18-4/h6-8,10,15H,5,9H2,1-4H3. The molecule has 1 unspecified atom stereocenters. The smallest absolute Gasteiger partial charge is 0.310 e. The molecule has 1 rings (SSSR count). The predicted molar refractivity (Wildman–Crippen MR) is 73.8 cm³/mol. The maximum Gasteiger partial charge on any atom is 0.310 e. The van der Waals surface area contributed by atoms with E-state index in [1.807, 2.05) is 25.1 Å². The second-order valence-electron chi connectivity index (χ2n) is 4.10. The molecule has 0 bridgehead atoms. The Hall–Kier alpha value is -1.91. The highest BCUT2D eigenvalue weighted by molar-refractivity contribution is 5.72. The van der Waals surface area contributed by atoms with E-state index in [9.17, 15) is 4.79 Å². The molecule has 0 fully saturated rings. The quantitative estimate of drug-likeness (QED) is 0.768. The van der Waals surface area contributed by atoms with Gasteiger partial charge in [0.25, 0.3) is 0 Å². The second kappa shape index (κ2) is 7.51. The molecule has 0 saturated carbocycles. The van der Waals surface area contributed by atoms with Crippen molar-refractivity contribution in [3.05, 3.63) is 18.2 Å². The van der Waals surface area contributed by atoms with Gasteiger partial charge in [-0.15, -0.1) is 0 Å². The zero-order valence-electron chi connectivity index (χ0n) is 11.9. The highest BCUT2D eigenvalue weighted by Crippen LogP contribution is 2.29. The zero-order chi connectivity index (χ0) is 14.3. The van der Waals surface area contributed by atoms with Gasteiger partial charge in [0.1, 0.15) is 0 Å². The summed E-state index contributed by atoms with van der Waals surface area (Å²) >= 11 is 0. The molecule has 19 heavy (non-hydrogen) atoms. The minimum absolute atomic E-state index is 0.199. The lowest BCUT2D eigenvalue weighted by molar-refractivity contribution is -0.146. The number of carbonyl (C=O) groups is 1. The number of anilines is 1. The van der Waals surface area contributed by atoms with Crippen molar-refractivity contribution in [3.63, 3.8) is 0 Å². The van der Waals surface area contributed by atoms with Gasteiger partial charge in [-0.3, -0.25) is 4.79 Å². The molecule has 5 nitrogen and oxygen atoms in total. The summed E-state index contributed by atoms with van der Waals surface area (Å²) in [6, 6.07) is 5.52. The lowest BCUT2D eigenvalue weighted by Gasteiger charge is -2.14. The molecule has 1 atom stereocenters. The van der Waals surface area contributed by atoms with Crippen LogP contribution in [-0.4, -0.2) is 33.3 Å². The van der Waals surface area contributed by atoms with Crippen molar-refractivity contribution in [2.45, 2.75) is 13.8 Å². The molecule has 0 saturated heterocycles. The van der Waals surface area contributed by atoms with Crippen LogP contribution in [0.3, 0.4) is 0 Å². The number of carbonyl (C=O) groups excluding carboxylic acids is 1. The molecule has 5 heteroatoms. The van der Waals surface area contributed by atoms with Crippen LogP contribution in [-0.2, 0) is 9.53 Å². The Kier molecular flexibility index (Phi) is 5.99. The summed E-state index contributed by atoms with van der Waals surface area (Å²) in [5.41, 5.74) is 0.869. The molecule has 1 aromatic carbocycles. The molecule has 0 aliphatic rings. The molecule has 0 radical (unpaired) electrons. The van der Waals surface area contributed by atoms with E-state index in [2.05, 4.69) is 5.32 Å². The van der Waals surface area contributed by atoms with E-state index in [0.29, 0.717) is 24.7 Å². The third kappa shape index (κ3) is 4.35. The minimum atomic E-state index is -0.201. The van der Waals surface area contributed by atoms with Crippen molar-refractivity contribution < 1.29 is 19.0 Å². The second-order valence-corrected chi connectivity index (χ2v) is 4.10. The van der Waals surface area contributed by atoms with Crippen LogP contribution >= 0.6 is 0 Å². The highest BCUT2D eigenvalue weighted by Gasteiger charge is 2.13. The fourth-order valence-electron chi connectivity index (χ4n) is 1.58. The van der Waals surface area contributed by atoms with Crippen molar-refractivity contribution in [2.24, 2.45) is 5.92 Å². The van der Waals surface area contributed by atoms with E-state index in [4.69, 9.17) is 14.2 Å². The monoisotopic (exact) mass is 267 g/mol. The van der Waals surface area contributed by atoms with Gasteiger partial charge < -0.3 is 19.5 Å². The molecule has 106 valence electrons. The number of ether oxygens (including phenoxy) is 3. The zero-order valence-corrected chi connectivity index (χ0v) is 11.9. The predicted octanol–water partition coefficient (Wildman–Crippen LogP) is 2.31. The average molecular weight is 267 g/mol. The number of esters is 1. The molecule has 0 aliphatic carbocycles. The van der Waals surface area contributed by atoms with Crippen LogP contribution in [0, 0.1) is 5.92 Å². The first-order chi connectivity index (χ1) is 9.12. The van der Waals surface area contributed by atoms with Crippen molar-refractivity contribution >= 4 is 11.7 Å². The van der Waals surface area contributed by atoms with Crippen LogP contribution in [0.25, 0.3) is 0 Å². The van der Waals surface area contributed by atoms with E-state index in [-0.39, 0.29) is 11.9 Å². The summed E-state index contributed by atoms with van der Waals surface area (Å²) < 4.78 is 15.3. The largest absolute Gasteiger partial charge is 0.493 e. The highest BCUT2D eigenvalue weighted by atomic mass is 16.5. The van der Waals surface area contributed by atoms with E-state index >= 15 is 0 Å². The fourth-order valence-corrected chi connectivity index (χ4v) is 1.58. The number of nitrogens with one attached hydrogen (secondary N) is 1. The summed E-state index contributed by atoms with van der Waals surface area (Å²) in [5.74, 6) is 0.923. The van der Waals surface area contributed by atoms with Crippen LogP contribution in [0.5, 0.6) is 11.5 Å². The van der Waals surface area contributed by atoms with E-state index in [1.54, 1.807) is 21.1 Å². The fraction of sp³-hybridized carbons (Fsp3) is 0.500. The molecule has 0 heterocycles. The van der Waals surface area contributed by atoms with E-state index in [0.717, 1.165) is 5.69 Å². The van der Waals surface area contributed by atoms with Crippen LogP contribution in [0.1, 0.15) is 13.8 Å². The van der Waals surface area contributed by atoms with Crippen LogP contribution < -0.4 is 14.8 Å². The summed E-state index contributed by atoms with van der Waals surface area (Å²) in [7, 11) is 3.18. The number of rotatable bonds is 7. The normalized spacial score (nSPS) is 11.6. The van der Waals surface area contributed by atoms with Crippen LogP contribution in [0.15, 0.2) is 18.2 Å². The summed E-state index contributed by atoms with van der Waals surface area (Å²) in [6.07, 6.45) is 0. The summed E-state index contributed by atoms with van der Waals surface area (Å²) in [4.78, 5) is 11.5. The van der Waals surface area contributed by atoms with Gasteiger partial charge in [-0.2, -0.15) is 0 Å². The lowest BCUT2D eigenvalue weighted by atomic mass is 10.2. The maximum absolute atomic E-state index is 11.5. The number of hydrogen-bond donors (Lipinski definition) is 1. The topological polar surface area (TPSA) is 56.8 Å². The molecule has 1 N–H and O–H groups in total. The van der Waals surface area contributed by atoms with Gasteiger partial charge in [0.15, 0.2) is 11.5 Å². The third-order valence-electron chi connectivity index (χ3n) is 2.68. The van der Waals surface area contributed by atoms with Crippen molar-refractivity contribution in [3.8, 4) is 11.5 Å². The Bertz CT molecular complexity index is 420. The molecular weight excluding hydrogens is 246 g/mol. The average Bonchev–Trinajstić information content (AvgIpc) is 2.44.